The summed E-state index contributed by atoms with van der Waals surface area (Å²) in [6, 6.07) is 17.2. The van der Waals surface area contributed by atoms with Crippen LogP contribution in [-0.4, -0.2) is 10.3 Å². The number of benzene rings is 2. The maximum absolute atomic E-state index is 8.34. The molecule has 116 valence electrons. The van der Waals surface area contributed by atoms with Crippen LogP contribution in [0.25, 0.3) is 10.9 Å². The van der Waals surface area contributed by atoms with Crippen molar-refractivity contribution in [1.82, 2.24) is 4.57 Å². The maximum Gasteiger partial charge on any atom is 0.0515 e. The fourth-order valence-electron chi connectivity index (χ4n) is 3.91. The van der Waals surface area contributed by atoms with Crippen molar-refractivity contribution in [3.8, 4) is 0 Å². The summed E-state index contributed by atoms with van der Waals surface area (Å²) in [5.74, 6) is 0.162. The van der Waals surface area contributed by atoms with E-state index in [9.17, 15) is 0 Å². The van der Waals surface area contributed by atoms with Crippen molar-refractivity contribution in [2.24, 2.45) is 0 Å². The Balaban J connectivity index is 1.83. The molecule has 2 aromatic carbocycles. The number of nitrogens with one attached hydrogen (secondary N) is 1. The molecule has 2 heteroatoms. The third-order valence-corrected chi connectivity index (χ3v) is 5.04. The minimum atomic E-state index is 0.162. The largest absolute Gasteiger partial charge is 0.347 e. The predicted molar refractivity (Wildman–Crippen MR) is 96.5 cm³/mol. The lowest BCUT2D eigenvalue weighted by atomic mass is 9.88. The molecule has 0 aliphatic carbocycles. The number of hydrogen-bond acceptors (Lipinski definition) is 1. The Labute approximate surface area is 137 Å². The topological polar surface area (TPSA) is 28.8 Å². The Morgan fingerprint density at radius 2 is 1.96 bits per heavy atom. The van der Waals surface area contributed by atoms with E-state index < -0.39 is 0 Å². The first-order valence-corrected chi connectivity index (χ1v) is 8.43. The van der Waals surface area contributed by atoms with E-state index in [0.29, 0.717) is 0 Å². The molecule has 1 N–H and O–H groups in total. The molecule has 0 amide bonds. The second-order valence-corrected chi connectivity index (χ2v) is 6.62. The van der Waals surface area contributed by atoms with E-state index in [-0.39, 0.29) is 5.92 Å². The van der Waals surface area contributed by atoms with E-state index in [1.807, 2.05) is 6.92 Å². The van der Waals surface area contributed by atoms with Crippen molar-refractivity contribution in [3.05, 3.63) is 71.4 Å². The van der Waals surface area contributed by atoms with Crippen molar-refractivity contribution < 1.29 is 0 Å². The van der Waals surface area contributed by atoms with Gasteiger partial charge in [0.25, 0.3) is 0 Å². The Bertz CT molecular complexity index is 858. The highest BCUT2D eigenvalue weighted by Gasteiger charge is 2.22. The summed E-state index contributed by atoms with van der Waals surface area (Å²) in [5.41, 5.74) is 6.22. The van der Waals surface area contributed by atoms with Gasteiger partial charge in [-0.3, -0.25) is 0 Å². The van der Waals surface area contributed by atoms with Gasteiger partial charge in [0.2, 0.25) is 0 Å². The van der Waals surface area contributed by atoms with Gasteiger partial charge in [0, 0.05) is 29.8 Å². The van der Waals surface area contributed by atoms with Gasteiger partial charge < -0.3 is 9.98 Å². The van der Waals surface area contributed by atoms with Crippen LogP contribution >= 0.6 is 0 Å². The summed E-state index contributed by atoms with van der Waals surface area (Å²) in [6.45, 7) is 3.04. The second kappa shape index (κ2) is 5.69. The SMILES string of the molecule is CC(=N)C(Cc1ccccc1)c1cn2c3c(cccc13)CCC2. The Morgan fingerprint density at radius 3 is 2.74 bits per heavy atom. The Kier molecular flexibility index (Phi) is 3.53. The molecule has 1 aliphatic rings. The molecule has 0 bridgehead atoms. The molecular formula is C21H22N2. The van der Waals surface area contributed by atoms with Gasteiger partial charge in [-0.15, -0.1) is 0 Å². The molecule has 4 rings (SSSR count). The minimum absolute atomic E-state index is 0.162. The summed E-state index contributed by atoms with van der Waals surface area (Å²) in [5, 5.41) is 9.68. The van der Waals surface area contributed by atoms with Crippen LogP contribution in [0.3, 0.4) is 0 Å². The number of hydrogen-bond donors (Lipinski definition) is 1. The van der Waals surface area contributed by atoms with Gasteiger partial charge in [-0.25, -0.2) is 0 Å². The molecule has 1 aromatic heterocycles. The van der Waals surface area contributed by atoms with Crippen LogP contribution in [-0.2, 0) is 19.4 Å². The minimum Gasteiger partial charge on any atom is -0.347 e. The molecule has 0 saturated heterocycles. The maximum atomic E-state index is 8.34. The molecule has 1 aliphatic heterocycles. The summed E-state index contributed by atoms with van der Waals surface area (Å²) < 4.78 is 2.41. The zero-order valence-corrected chi connectivity index (χ0v) is 13.5. The number of para-hydroxylation sites is 1. The monoisotopic (exact) mass is 302 g/mol. The van der Waals surface area contributed by atoms with Gasteiger partial charge in [-0.05, 0) is 42.9 Å². The Morgan fingerprint density at radius 1 is 1.13 bits per heavy atom. The normalized spacial score (nSPS) is 14.8. The molecule has 0 radical (unpaired) electrons. The van der Waals surface area contributed by atoms with Gasteiger partial charge >= 0.3 is 0 Å². The summed E-state index contributed by atoms with van der Waals surface area (Å²) in [6.07, 6.45) is 5.60. The van der Waals surface area contributed by atoms with E-state index in [2.05, 4.69) is 59.3 Å². The van der Waals surface area contributed by atoms with Crippen LogP contribution in [0.2, 0.25) is 0 Å². The molecule has 2 nitrogen and oxygen atoms in total. The van der Waals surface area contributed by atoms with Gasteiger partial charge in [-0.1, -0.05) is 48.5 Å². The van der Waals surface area contributed by atoms with E-state index in [4.69, 9.17) is 5.41 Å². The first-order chi connectivity index (χ1) is 11.2. The second-order valence-electron chi connectivity index (χ2n) is 6.62. The van der Waals surface area contributed by atoms with Crippen molar-refractivity contribution in [3.63, 3.8) is 0 Å². The molecule has 3 aromatic rings. The van der Waals surface area contributed by atoms with Crippen molar-refractivity contribution in [1.29, 1.82) is 5.41 Å². The zero-order chi connectivity index (χ0) is 15.8. The molecule has 1 unspecified atom stereocenters. The van der Waals surface area contributed by atoms with E-state index in [1.165, 1.54) is 40.4 Å². The highest BCUT2D eigenvalue weighted by atomic mass is 15.0. The fourth-order valence-corrected chi connectivity index (χ4v) is 3.91. The highest BCUT2D eigenvalue weighted by Crippen LogP contribution is 2.35. The molecule has 23 heavy (non-hydrogen) atoms. The number of aromatic nitrogens is 1. The highest BCUT2D eigenvalue weighted by molar-refractivity contribution is 5.95. The summed E-state index contributed by atoms with van der Waals surface area (Å²) in [4.78, 5) is 0. The molecule has 0 saturated carbocycles. The third kappa shape index (κ3) is 2.48. The summed E-state index contributed by atoms with van der Waals surface area (Å²) >= 11 is 0. The van der Waals surface area contributed by atoms with E-state index in [0.717, 1.165) is 18.7 Å². The van der Waals surface area contributed by atoms with Crippen molar-refractivity contribution >= 4 is 16.6 Å². The fraction of sp³-hybridized carbons (Fsp3) is 0.286. The van der Waals surface area contributed by atoms with Crippen LogP contribution in [0.1, 0.15) is 36.0 Å². The van der Waals surface area contributed by atoms with Crippen LogP contribution in [0.4, 0.5) is 0 Å². The smallest absolute Gasteiger partial charge is 0.0515 e. The standard InChI is InChI=1S/C21H22N2/c1-15(22)19(13-16-7-3-2-4-8-16)20-14-23-12-6-10-17-9-5-11-18(20)21(17)23/h2-5,7-9,11,14,19,22H,6,10,12-13H2,1H3. The average molecular weight is 302 g/mol. The van der Waals surface area contributed by atoms with Crippen molar-refractivity contribution in [2.45, 2.75) is 38.6 Å². The lowest BCUT2D eigenvalue weighted by molar-refractivity contribution is 0.633. The molecule has 2 heterocycles. The lowest BCUT2D eigenvalue weighted by Crippen LogP contribution is -2.11. The molecule has 1 atom stereocenters. The van der Waals surface area contributed by atoms with Crippen LogP contribution in [0.5, 0.6) is 0 Å². The van der Waals surface area contributed by atoms with E-state index >= 15 is 0 Å². The van der Waals surface area contributed by atoms with Gasteiger partial charge in [0.05, 0.1) is 5.52 Å². The zero-order valence-electron chi connectivity index (χ0n) is 13.5. The van der Waals surface area contributed by atoms with E-state index in [1.54, 1.807) is 0 Å². The summed E-state index contributed by atoms with van der Waals surface area (Å²) in [7, 11) is 0. The number of rotatable bonds is 4. The first-order valence-electron chi connectivity index (χ1n) is 8.43. The Hall–Kier alpha value is -2.35. The number of nitrogens with zero attached hydrogens (tertiary/aromatic N) is 1. The van der Waals surface area contributed by atoms with Gasteiger partial charge in [0.15, 0.2) is 0 Å². The van der Waals surface area contributed by atoms with Gasteiger partial charge in [-0.2, -0.15) is 0 Å². The molecule has 0 fully saturated rings. The predicted octanol–water partition coefficient (Wildman–Crippen LogP) is 4.95. The van der Waals surface area contributed by atoms with Gasteiger partial charge in [0.1, 0.15) is 0 Å². The molecule has 0 spiro atoms. The van der Waals surface area contributed by atoms with Crippen LogP contribution in [0, 0.1) is 5.41 Å². The number of aryl methyl sites for hydroxylation is 2. The average Bonchev–Trinajstić information content (AvgIpc) is 2.94. The first kappa shape index (κ1) is 14.3. The van der Waals surface area contributed by atoms with Crippen molar-refractivity contribution in [2.75, 3.05) is 0 Å². The molecular weight excluding hydrogens is 280 g/mol. The quantitative estimate of drug-likeness (QED) is 0.660. The van der Waals surface area contributed by atoms with Crippen LogP contribution in [0.15, 0.2) is 54.7 Å². The lowest BCUT2D eigenvalue weighted by Gasteiger charge is -2.16. The van der Waals surface area contributed by atoms with Crippen LogP contribution < -0.4 is 0 Å². The third-order valence-electron chi connectivity index (χ3n) is 5.04.